The van der Waals surface area contributed by atoms with Crippen molar-refractivity contribution >= 4 is 0 Å². The van der Waals surface area contributed by atoms with Gasteiger partial charge in [-0.3, -0.25) is 0 Å². The molecule has 0 aliphatic heterocycles. The third-order valence-corrected chi connectivity index (χ3v) is 2.39. The second-order valence-corrected chi connectivity index (χ2v) is 4.99. The van der Waals surface area contributed by atoms with Crippen LogP contribution >= 0.6 is 0 Å². The van der Waals surface area contributed by atoms with Crippen molar-refractivity contribution < 1.29 is 4.39 Å². The Bertz CT molecular complexity index is 376. The molecule has 15 heavy (non-hydrogen) atoms. The van der Waals surface area contributed by atoms with Gasteiger partial charge in [-0.25, -0.2) is 4.39 Å². The van der Waals surface area contributed by atoms with E-state index in [1.165, 1.54) is 12.1 Å². The second kappa shape index (κ2) is 4.02. The Labute approximate surface area is 90.5 Å². The van der Waals surface area contributed by atoms with Crippen molar-refractivity contribution in [1.29, 1.82) is 5.26 Å². The second-order valence-electron chi connectivity index (χ2n) is 4.99. The number of halogens is 1. The van der Waals surface area contributed by atoms with Gasteiger partial charge in [-0.15, -0.1) is 0 Å². The zero-order valence-electron chi connectivity index (χ0n) is 9.63. The minimum Gasteiger partial charge on any atom is -0.207 e. The first kappa shape index (κ1) is 11.7. The third-order valence-electron chi connectivity index (χ3n) is 2.39. The average molecular weight is 205 g/mol. The topological polar surface area (TPSA) is 23.8 Å². The minimum atomic E-state index is -0.271. The van der Waals surface area contributed by atoms with Crippen LogP contribution in [0.2, 0.25) is 0 Å². The van der Waals surface area contributed by atoms with Crippen molar-refractivity contribution in [2.45, 2.75) is 33.6 Å². The zero-order valence-corrected chi connectivity index (χ0v) is 9.63. The van der Waals surface area contributed by atoms with Crippen LogP contribution in [0, 0.1) is 29.5 Å². The first-order chi connectivity index (χ1) is 6.84. The van der Waals surface area contributed by atoms with Gasteiger partial charge >= 0.3 is 0 Å². The van der Waals surface area contributed by atoms with Gasteiger partial charge in [0, 0.05) is 0 Å². The number of hydrogen-bond acceptors (Lipinski definition) is 1. The summed E-state index contributed by atoms with van der Waals surface area (Å²) >= 11 is 0. The van der Waals surface area contributed by atoms with Gasteiger partial charge in [0.1, 0.15) is 5.82 Å². The van der Waals surface area contributed by atoms with Gasteiger partial charge in [-0.05, 0) is 35.6 Å². The molecule has 80 valence electrons. The van der Waals surface area contributed by atoms with E-state index in [1.54, 1.807) is 0 Å². The third kappa shape index (κ3) is 2.79. The summed E-state index contributed by atoms with van der Waals surface area (Å²) in [7, 11) is 0. The van der Waals surface area contributed by atoms with E-state index in [0.29, 0.717) is 0 Å². The molecule has 0 spiro atoms. The Balaban J connectivity index is 3.20. The number of nitriles is 1. The van der Waals surface area contributed by atoms with Crippen LogP contribution in [0.1, 0.15) is 37.8 Å². The van der Waals surface area contributed by atoms with Gasteiger partial charge in [0.25, 0.3) is 0 Å². The number of nitrogens with zero attached hydrogens (tertiary/aromatic N) is 1. The first-order valence-electron chi connectivity index (χ1n) is 5.01. The van der Waals surface area contributed by atoms with E-state index in [2.05, 4.69) is 6.07 Å². The van der Waals surface area contributed by atoms with Crippen LogP contribution in [0.25, 0.3) is 0 Å². The molecule has 0 saturated carbocycles. The highest BCUT2D eigenvalue weighted by Crippen LogP contribution is 2.34. The zero-order chi connectivity index (χ0) is 11.6. The fraction of sp³-hybridized carbons (Fsp3) is 0.462. The maximum atomic E-state index is 13.2. The van der Waals surface area contributed by atoms with E-state index in [0.717, 1.165) is 11.1 Å². The molecule has 1 aromatic carbocycles. The molecule has 1 atom stereocenters. The molecule has 0 aromatic heterocycles. The Morgan fingerprint density at radius 1 is 1.27 bits per heavy atom. The summed E-state index contributed by atoms with van der Waals surface area (Å²) in [6, 6.07) is 7.05. The van der Waals surface area contributed by atoms with Crippen LogP contribution in [0.3, 0.4) is 0 Å². The van der Waals surface area contributed by atoms with E-state index in [-0.39, 0.29) is 17.2 Å². The Morgan fingerprint density at radius 2 is 1.87 bits per heavy atom. The van der Waals surface area contributed by atoms with E-state index >= 15 is 0 Å². The number of hydrogen-bond donors (Lipinski definition) is 0. The molecule has 0 aliphatic carbocycles. The summed E-state index contributed by atoms with van der Waals surface area (Å²) in [4.78, 5) is 0. The van der Waals surface area contributed by atoms with E-state index in [9.17, 15) is 4.39 Å². The molecule has 0 bridgehead atoms. The molecule has 2 heteroatoms. The van der Waals surface area contributed by atoms with E-state index < -0.39 is 0 Å². The van der Waals surface area contributed by atoms with Crippen LogP contribution < -0.4 is 0 Å². The number of aryl methyl sites for hydroxylation is 1. The lowest BCUT2D eigenvalue weighted by atomic mass is 9.77. The lowest BCUT2D eigenvalue weighted by molar-refractivity contribution is 0.372. The maximum Gasteiger partial charge on any atom is 0.123 e. The van der Waals surface area contributed by atoms with Crippen molar-refractivity contribution in [3.8, 4) is 6.07 Å². The van der Waals surface area contributed by atoms with Gasteiger partial charge in [0.15, 0.2) is 0 Å². The molecule has 0 radical (unpaired) electrons. The molecular formula is C13H16FN. The van der Waals surface area contributed by atoms with Crippen molar-refractivity contribution in [2.24, 2.45) is 5.41 Å². The normalized spacial score (nSPS) is 13.3. The summed E-state index contributed by atoms with van der Waals surface area (Å²) in [5, 5.41) is 9.12. The SMILES string of the molecule is Cc1cc(F)cc(C(C#N)C(C)(C)C)c1. The van der Waals surface area contributed by atoms with Crippen LogP contribution in [-0.4, -0.2) is 0 Å². The quantitative estimate of drug-likeness (QED) is 0.684. The van der Waals surface area contributed by atoms with Crippen LogP contribution in [-0.2, 0) is 0 Å². The molecule has 0 fully saturated rings. The molecule has 0 heterocycles. The lowest BCUT2D eigenvalue weighted by Gasteiger charge is -2.25. The maximum absolute atomic E-state index is 13.2. The highest BCUT2D eigenvalue weighted by Gasteiger charge is 2.26. The highest BCUT2D eigenvalue weighted by molar-refractivity contribution is 5.31. The molecular weight excluding hydrogens is 189 g/mol. The largest absolute Gasteiger partial charge is 0.207 e. The molecule has 0 amide bonds. The summed E-state index contributed by atoms with van der Waals surface area (Å²) < 4.78 is 13.2. The van der Waals surface area contributed by atoms with Gasteiger partial charge in [0.05, 0.1) is 12.0 Å². The summed E-state index contributed by atoms with van der Waals surface area (Å²) in [6.45, 7) is 7.80. The fourth-order valence-corrected chi connectivity index (χ4v) is 1.70. The molecule has 1 nitrogen and oxygen atoms in total. The Hall–Kier alpha value is -1.36. The molecule has 1 rings (SSSR count). The number of benzene rings is 1. The van der Waals surface area contributed by atoms with Crippen molar-refractivity contribution in [1.82, 2.24) is 0 Å². The van der Waals surface area contributed by atoms with Gasteiger partial charge in [-0.1, -0.05) is 26.8 Å². The molecule has 0 saturated heterocycles. The molecule has 0 N–H and O–H groups in total. The van der Waals surface area contributed by atoms with Gasteiger partial charge < -0.3 is 0 Å². The first-order valence-corrected chi connectivity index (χ1v) is 5.01. The van der Waals surface area contributed by atoms with Gasteiger partial charge in [0.2, 0.25) is 0 Å². The minimum absolute atomic E-state index is 0.172. The fourth-order valence-electron chi connectivity index (χ4n) is 1.70. The molecule has 1 unspecified atom stereocenters. The standard InChI is InChI=1S/C13H16FN/c1-9-5-10(7-11(14)6-9)12(8-15)13(2,3)4/h5-7,12H,1-4H3. The summed E-state index contributed by atoms with van der Waals surface area (Å²) in [5.74, 6) is -0.540. The van der Waals surface area contributed by atoms with Crippen LogP contribution in [0.5, 0.6) is 0 Å². The van der Waals surface area contributed by atoms with E-state index in [4.69, 9.17) is 5.26 Å². The van der Waals surface area contributed by atoms with Crippen LogP contribution in [0.15, 0.2) is 18.2 Å². The van der Waals surface area contributed by atoms with Crippen molar-refractivity contribution in [3.63, 3.8) is 0 Å². The summed E-state index contributed by atoms with van der Waals surface area (Å²) in [5.41, 5.74) is 1.45. The molecule has 1 aromatic rings. The van der Waals surface area contributed by atoms with E-state index in [1.807, 2.05) is 33.8 Å². The lowest BCUT2D eigenvalue weighted by Crippen LogP contribution is -2.17. The average Bonchev–Trinajstić information content (AvgIpc) is 1.99. The van der Waals surface area contributed by atoms with Gasteiger partial charge in [-0.2, -0.15) is 5.26 Å². The predicted molar refractivity (Wildman–Crippen MR) is 58.9 cm³/mol. The van der Waals surface area contributed by atoms with Crippen molar-refractivity contribution in [3.05, 3.63) is 35.1 Å². The number of rotatable bonds is 1. The predicted octanol–water partition coefficient (Wildman–Crippen LogP) is 3.79. The Kier molecular flexibility index (Phi) is 3.14. The van der Waals surface area contributed by atoms with Crippen molar-refractivity contribution in [2.75, 3.05) is 0 Å². The monoisotopic (exact) mass is 205 g/mol. The smallest absolute Gasteiger partial charge is 0.123 e. The highest BCUT2D eigenvalue weighted by atomic mass is 19.1. The van der Waals surface area contributed by atoms with Crippen LogP contribution in [0.4, 0.5) is 4.39 Å². The molecule has 0 aliphatic rings. The Morgan fingerprint density at radius 3 is 2.27 bits per heavy atom. The summed E-state index contributed by atoms with van der Waals surface area (Å²) in [6.07, 6.45) is 0.